The lowest BCUT2D eigenvalue weighted by molar-refractivity contribution is 0.511. The zero-order valence-electron chi connectivity index (χ0n) is 8.82. The molecule has 17 heavy (non-hydrogen) atoms. The zero-order chi connectivity index (χ0) is 12.3. The average Bonchev–Trinajstić information content (AvgIpc) is 2.34. The minimum absolute atomic E-state index is 0.119. The van der Waals surface area contributed by atoms with Gasteiger partial charge in [0.15, 0.2) is 11.6 Å². The SMILES string of the molecule is N#CCc1ccc(-c2cccc(F)c2F)nc1. The predicted octanol–water partition coefficient (Wildman–Crippen LogP) is 3.09. The maximum Gasteiger partial charge on any atom is 0.168 e. The van der Waals surface area contributed by atoms with Gasteiger partial charge in [-0.15, -0.1) is 0 Å². The van der Waals surface area contributed by atoms with E-state index in [1.807, 2.05) is 6.07 Å². The van der Waals surface area contributed by atoms with Crippen LogP contribution in [0.5, 0.6) is 0 Å². The highest BCUT2D eigenvalue weighted by atomic mass is 19.2. The molecule has 0 atom stereocenters. The summed E-state index contributed by atoms with van der Waals surface area (Å²) in [5, 5.41) is 8.50. The van der Waals surface area contributed by atoms with Crippen LogP contribution in [0, 0.1) is 23.0 Å². The van der Waals surface area contributed by atoms with Gasteiger partial charge in [0, 0.05) is 11.8 Å². The summed E-state index contributed by atoms with van der Waals surface area (Å²) in [6.45, 7) is 0. The highest BCUT2D eigenvalue weighted by molar-refractivity contribution is 5.59. The van der Waals surface area contributed by atoms with Gasteiger partial charge in [0.1, 0.15) is 0 Å². The molecule has 1 aromatic heterocycles. The molecule has 4 heteroatoms. The summed E-state index contributed by atoms with van der Waals surface area (Å²) in [5.74, 6) is -1.81. The molecule has 0 saturated heterocycles. The number of hydrogen-bond donors (Lipinski definition) is 0. The Morgan fingerprint density at radius 2 is 2.00 bits per heavy atom. The van der Waals surface area contributed by atoms with E-state index in [0.717, 1.165) is 11.6 Å². The first-order valence-electron chi connectivity index (χ1n) is 4.98. The first kappa shape index (κ1) is 11.2. The third-order valence-electron chi connectivity index (χ3n) is 2.34. The standard InChI is InChI=1S/C13H8F2N2/c14-11-3-1-2-10(13(11)15)12-5-4-9(6-7-16)8-17-12/h1-5,8H,6H2. The van der Waals surface area contributed by atoms with Gasteiger partial charge in [0.2, 0.25) is 0 Å². The molecule has 0 aliphatic rings. The number of nitriles is 1. The molecule has 0 radical (unpaired) electrons. The van der Waals surface area contributed by atoms with Gasteiger partial charge < -0.3 is 0 Å². The first-order chi connectivity index (χ1) is 8.22. The zero-order valence-corrected chi connectivity index (χ0v) is 8.82. The number of benzene rings is 1. The highest BCUT2D eigenvalue weighted by Gasteiger charge is 2.10. The van der Waals surface area contributed by atoms with Crippen molar-refractivity contribution in [3.8, 4) is 17.3 Å². The van der Waals surface area contributed by atoms with Gasteiger partial charge in [0.25, 0.3) is 0 Å². The van der Waals surface area contributed by atoms with Gasteiger partial charge in [-0.3, -0.25) is 4.98 Å². The van der Waals surface area contributed by atoms with Gasteiger partial charge in [0.05, 0.1) is 18.2 Å². The van der Waals surface area contributed by atoms with Crippen molar-refractivity contribution in [1.82, 2.24) is 4.98 Å². The third-order valence-corrected chi connectivity index (χ3v) is 2.34. The average molecular weight is 230 g/mol. The Hall–Kier alpha value is -2.28. The van der Waals surface area contributed by atoms with Gasteiger partial charge in [-0.05, 0) is 23.8 Å². The van der Waals surface area contributed by atoms with E-state index in [1.165, 1.54) is 18.3 Å². The summed E-state index contributed by atoms with van der Waals surface area (Å²) in [5.41, 5.74) is 1.21. The van der Waals surface area contributed by atoms with Crippen LogP contribution >= 0.6 is 0 Å². The molecule has 0 aliphatic carbocycles. The molecule has 0 bridgehead atoms. The van der Waals surface area contributed by atoms with Gasteiger partial charge in [-0.1, -0.05) is 12.1 Å². The first-order valence-corrected chi connectivity index (χ1v) is 4.98. The van der Waals surface area contributed by atoms with Crippen molar-refractivity contribution in [2.75, 3.05) is 0 Å². The van der Waals surface area contributed by atoms with E-state index >= 15 is 0 Å². The fourth-order valence-electron chi connectivity index (χ4n) is 1.48. The van der Waals surface area contributed by atoms with Crippen LogP contribution in [0.2, 0.25) is 0 Å². The Labute approximate surface area is 97.2 Å². The summed E-state index contributed by atoms with van der Waals surface area (Å²) in [6, 6.07) is 9.19. The summed E-state index contributed by atoms with van der Waals surface area (Å²) < 4.78 is 26.5. The minimum atomic E-state index is -0.909. The molecule has 2 aromatic rings. The maximum absolute atomic E-state index is 13.5. The second kappa shape index (κ2) is 4.71. The van der Waals surface area contributed by atoms with Gasteiger partial charge in [-0.2, -0.15) is 5.26 Å². The van der Waals surface area contributed by atoms with Crippen molar-refractivity contribution in [3.63, 3.8) is 0 Å². The number of nitrogens with zero attached hydrogens (tertiary/aromatic N) is 2. The molecule has 0 spiro atoms. The molecule has 0 N–H and O–H groups in total. The molecule has 0 fully saturated rings. The lowest BCUT2D eigenvalue weighted by Gasteiger charge is -2.03. The second-order valence-corrected chi connectivity index (χ2v) is 3.49. The maximum atomic E-state index is 13.5. The monoisotopic (exact) mass is 230 g/mol. The van der Waals surface area contributed by atoms with Crippen molar-refractivity contribution in [2.24, 2.45) is 0 Å². The van der Waals surface area contributed by atoms with Crippen molar-refractivity contribution in [3.05, 3.63) is 53.7 Å². The Bertz CT molecular complexity index is 571. The van der Waals surface area contributed by atoms with E-state index in [0.29, 0.717) is 5.69 Å². The largest absolute Gasteiger partial charge is 0.256 e. The van der Waals surface area contributed by atoms with E-state index in [4.69, 9.17) is 5.26 Å². The Morgan fingerprint density at radius 3 is 2.65 bits per heavy atom. The number of rotatable bonds is 2. The van der Waals surface area contributed by atoms with Crippen molar-refractivity contribution >= 4 is 0 Å². The molecule has 0 amide bonds. The molecule has 0 unspecified atom stereocenters. The van der Waals surface area contributed by atoms with Crippen LogP contribution < -0.4 is 0 Å². The fraction of sp³-hybridized carbons (Fsp3) is 0.0769. The quantitative estimate of drug-likeness (QED) is 0.794. The minimum Gasteiger partial charge on any atom is -0.256 e. The third kappa shape index (κ3) is 2.28. The van der Waals surface area contributed by atoms with E-state index in [9.17, 15) is 8.78 Å². The van der Waals surface area contributed by atoms with Crippen LogP contribution in [0.25, 0.3) is 11.3 Å². The molecular weight excluding hydrogens is 222 g/mol. The van der Waals surface area contributed by atoms with E-state index in [-0.39, 0.29) is 12.0 Å². The number of aromatic nitrogens is 1. The molecule has 0 saturated carbocycles. The Kier molecular flexibility index (Phi) is 3.10. The van der Waals surface area contributed by atoms with Gasteiger partial charge >= 0.3 is 0 Å². The highest BCUT2D eigenvalue weighted by Crippen LogP contribution is 2.22. The van der Waals surface area contributed by atoms with Crippen LogP contribution in [0.4, 0.5) is 8.78 Å². The van der Waals surface area contributed by atoms with Crippen molar-refractivity contribution < 1.29 is 8.78 Å². The summed E-state index contributed by atoms with van der Waals surface area (Å²) >= 11 is 0. The summed E-state index contributed by atoms with van der Waals surface area (Å²) in [7, 11) is 0. The fourth-order valence-corrected chi connectivity index (χ4v) is 1.48. The van der Waals surface area contributed by atoms with E-state index in [2.05, 4.69) is 4.98 Å². The molecule has 84 valence electrons. The lowest BCUT2D eigenvalue weighted by atomic mass is 10.1. The van der Waals surface area contributed by atoms with Crippen LogP contribution in [0.1, 0.15) is 5.56 Å². The molecule has 1 aromatic carbocycles. The second-order valence-electron chi connectivity index (χ2n) is 3.49. The summed E-state index contributed by atoms with van der Waals surface area (Å²) in [4.78, 5) is 4.01. The smallest absolute Gasteiger partial charge is 0.168 e. The number of hydrogen-bond acceptors (Lipinski definition) is 2. The molecule has 1 heterocycles. The normalized spacial score (nSPS) is 9.94. The Balaban J connectivity index is 2.41. The van der Waals surface area contributed by atoms with Crippen LogP contribution in [0.3, 0.4) is 0 Å². The van der Waals surface area contributed by atoms with Crippen LogP contribution in [-0.4, -0.2) is 4.98 Å². The molecule has 2 nitrogen and oxygen atoms in total. The predicted molar refractivity (Wildman–Crippen MR) is 58.9 cm³/mol. The summed E-state index contributed by atoms with van der Waals surface area (Å²) in [6.07, 6.45) is 1.74. The van der Waals surface area contributed by atoms with Crippen LogP contribution in [0.15, 0.2) is 36.5 Å². The van der Waals surface area contributed by atoms with Crippen LogP contribution in [-0.2, 0) is 6.42 Å². The molecule has 0 aliphatic heterocycles. The molecular formula is C13H8F2N2. The van der Waals surface area contributed by atoms with E-state index < -0.39 is 11.6 Å². The number of pyridine rings is 1. The Morgan fingerprint density at radius 1 is 1.18 bits per heavy atom. The van der Waals surface area contributed by atoms with Crippen molar-refractivity contribution in [1.29, 1.82) is 5.26 Å². The van der Waals surface area contributed by atoms with Gasteiger partial charge in [-0.25, -0.2) is 8.78 Å². The van der Waals surface area contributed by atoms with Crippen molar-refractivity contribution in [2.45, 2.75) is 6.42 Å². The van der Waals surface area contributed by atoms with E-state index in [1.54, 1.807) is 12.1 Å². The lowest BCUT2D eigenvalue weighted by Crippen LogP contribution is -1.92. The molecule has 2 rings (SSSR count). The topological polar surface area (TPSA) is 36.7 Å². The number of halogens is 2.